The van der Waals surface area contributed by atoms with Crippen LogP contribution in [0.3, 0.4) is 0 Å². The number of anilines is 1. The van der Waals surface area contributed by atoms with E-state index in [1.54, 1.807) is 12.1 Å². The predicted molar refractivity (Wildman–Crippen MR) is 92.7 cm³/mol. The van der Waals surface area contributed by atoms with E-state index in [4.69, 9.17) is 0 Å². The monoisotopic (exact) mass is 359 g/mol. The molecule has 8 nitrogen and oxygen atoms in total. The van der Waals surface area contributed by atoms with Gasteiger partial charge in [0.25, 0.3) is 5.69 Å². The van der Waals surface area contributed by atoms with Gasteiger partial charge in [-0.1, -0.05) is 17.8 Å². The molecule has 0 spiro atoms. The van der Waals surface area contributed by atoms with Crippen molar-refractivity contribution in [1.82, 2.24) is 14.8 Å². The first-order valence-electron chi connectivity index (χ1n) is 8.23. The number of nitrogens with zero attached hydrogens (tertiary/aromatic N) is 4. The lowest BCUT2D eigenvalue weighted by atomic mass is 10.3. The van der Waals surface area contributed by atoms with E-state index in [9.17, 15) is 14.9 Å². The quantitative estimate of drug-likeness (QED) is 0.463. The molecule has 2 aliphatic rings. The van der Waals surface area contributed by atoms with Gasteiger partial charge in [-0.2, -0.15) is 0 Å². The first kappa shape index (κ1) is 16.1. The van der Waals surface area contributed by atoms with Crippen LogP contribution in [0.1, 0.15) is 43.5 Å². The van der Waals surface area contributed by atoms with Crippen molar-refractivity contribution in [2.45, 2.75) is 42.8 Å². The van der Waals surface area contributed by atoms with Crippen molar-refractivity contribution in [3.63, 3.8) is 0 Å². The molecular formula is C16H17N5O3S. The van der Waals surface area contributed by atoms with Crippen LogP contribution in [0.25, 0.3) is 0 Å². The van der Waals surface area contributed by atoms with Gasteiger partial charge in [0, 0.05) is 29.8 Å². The van der Waals surface area contributed by atoms with Crippen molar-refractivity contribution in [2.75, 3.05) is 11.1 Å². The van der Waals surface area contributed by atoms with E-state index in [-0.39, 0.29) is 17.3 Å². The number of thioether (sulfide) groups is 1. The Bertz CT molecular complexity index is 829. The summed E-state index contributed by atoms with van der Waals surface area (Å²) < 4.78 is 2.20. The van der Waals surface area contributed by atoms with Gasteiger partial charge < -0.3 is 9.88 Å². The fourth-order valence-corrected chi connectivity index (χ4v) is 3.52. The molecule has 9 heteroatoms. The van der Waals surface area contributed by atoms with Crippen LogP contribution >= 0.6 is 11.8 Å². The number of amides is 1. The number of benzene rings is 1. The summed E-state index contributed by atoms with van der Waals surface area (Å²) in [4.78, 5) is 22.5. The molecule has 0 radical (unpaired) electrons. The Morgan fingerprint density at radius 3 is 2.80 bits per heavy atom. The van der Waals surface area contributed by atoms with E-state index >= 15 is 0 Å². The molecule has 1 aromatic heterocycles. The molecule has 0 aliphatic heterocycles. The largest absolute Gasteiger partial charge is 0.325 e. The molecule has 1 amide bonds. The average molecular weight is 359 g/mol. The normalized spacial score (nSPS) is 16.6. The maximum absolute atomic E-state index is 12.2. The molecule has 2 saturated carbocycles. The van der Waals surface area contributed by atoms with E-state index in [2.05, 4.69) is 20.1 Å². The van der Waals surface area contributed by atoms with E-state index in [1.165, 1.54) is 36.7 Å². The fourth-order valence-electron chi connectivity index (χ4n) is 2.71. The summed E-state index contributed by atoms with van der Waals surface area (Å²) in [5.41, 5.74) is 0.370. The Balaban J connectivity index is 1.39. The average Bonchev–Trinajstić information content (AvgIpc) is 3.52. The van der Waals surface area contributed by atoms with Crippen LogP contribution in [0.2, 0.25) is 0 Å². The number of aromatic nitrogens is 3. The Morgan fingerprint density at radius 2 is 2.12 bits per heavy atom. The van der Waals surface area contributed by atoms with Gasteiger partial charge in [0.1, 0.15) is 5.82 Å². The highest BCUT2D eigenvalue weighted by Gasteiger charge is 2.36. The maximum atomic E-state index is 12.2. The first-order valence-corrected chi connectivity index (χ1v) is 9.22. The second-order valence-corrected chi connectivity index (χ2v) is 7.30. The van der Waals surface area contributed by atoms with Crippen molar-refractivity contribution >= 4 is 29.0 Å². The van der Waals surface area contributed by atoms with Gasteiger partial charge in [0.05, 0.1) is 10.7 Å². The second-order valence-electron chi connectivity index (χ2n) is 6.36. The molecule has 2 fully saturated rings. The van der Waals surface area contributed by atoms with Gasteiger partial charge in [0.2, 0.25) is 5.91 Å². The number of nitro groups is 1. The fraction of sp³-hybridized carbons (Fsp3) is 0.438. The molecule has 25 heavy (non-hydrogen) atoms. The standard InChI is InChI=1S/C16H17N5O3S/c22-14(17-11-2-1-3-13(8-11)21(23)24)9-25-16-19-18-15(10-4-5-10)20(16)12-6-7-12/h1-3,8,10,12H,4-7,9H2,(H,17,22). The van der Waals surface area contributed by atoms with Crippen molar-refractivity contribution in [2.24, 2.45) is 0 Å². The van der Waals surface area contributed by atoms with Crippen LogP contribution in [0, 0.1) is 10.1 Å². The minimum absolute atomic E-state index is 0.0481. The molecular weight excluding hydrogens is 342 g/mol. The smallest absolute Gasteiger partial charge is 0.271 e. The maximum Gasteiger partial charge on any atom is 0.271 e. The summed E-state index contributed by atoms with van der Waals surface area (Å²) in [5.74, 6) is 1.56. The van der Waals surface area contributed by atoms with Crippen molar-refractivity contribution in [3.8, 4) is 0 Å². The number of nitro benzene ring substituents is 1. The third kappa shape index (κ3) is 3.65. The number of carbonyl (C=O) groups excluding carboxylic acids is 1. The van der Waals surface area contributed by atoms with E-state index in [0.717, 1.165) is 23.8 Å². The topological polar surface area (TPSA) is 103 Å². The van der Waals surface area contributed by atoms with E-state index in [0.29, 0.717) is 17.6 Å². The van der Waals surface area contributed by atoms with E-state index < -0.39 is 4.92 Å². The Morgan fingerprint density at radius 1 is 1.32 bits per heavy atom. The molecule has 0 saturated heterocycles. The highest BCUT2D eigenvalue weighted by molar-refractivity contribution is 7.99. The Hall–Kier alpha value is -2.42. The zero-order chi connectivity index (χ0) is 17.4. The summed E-state index contributed by atoms with van der Waals surface area (Å²) in [6, 6.07) is 6.40. The SMILES string of the molecule is O=C(CSc1nnc(C2CC2)n1C1CC1)Nc1cccc([N+](=O)[O-])c1. The van der Waals surface area contributed by atoms with Crippen LogP contribution in [0.4, 0.5) is 11.4 Å². The van der Waals surface area contributed by atoms with Crippen LogP contribution < -0.4 is 5.32 Å². The molecule has 1 heterocycles. The molecule has 2 aliphatic carbocycles. The summed E-state index contributed by atoms with van der Waals surface area (Å²) >= 11 is 1.36. The van der Waals surface area contributed by atoms with Crippen LogP contribution in [0.15, 0.2) is 29.4 Å². The summed E-state index contributed by atoms with van der Waals surface area (Å²) in [6.07, 6.45) is 4.63. The van der Waals surface area contributed by atoms with Crippen LogP contribution in [0.5, 0.6) is 0 Å². The molecule has 4 rings (SSSR count). The zero-order valence-electron chi connectivity index (χ0n) is 13.4. The van der Waals surface area contributed by atoms with Gasteiger partial charge >= 0.3 is 0 Å². The van der Waals surface area contributed by atoms with Crippen molar-refractivity contribution < 1.29 is 9.72 Å². The molecule has 130 valence electrons. The Kier molecular flexibility index (Phi) is 4.16. The molecule has 0 bridgehead atoms. The number of non-ortho nitro benzene ring substituents is 1. The minimum atomic E-state index is -0.484. The number of nitrogens with one attached hydrogen (secondary N) is 1. The van der Waals surface area contributed by atoms with Gasteiger partial charge in [-0.3, -0.25) is 14.9 Å². The third-order valence-electron chi connectivity index (χ3n) is 4.22. The number of carbonyl (C=O) groups is 1. The molecule has 2 aromatic rings. The molecule has 1 N–H and O–H groups in total. The summed E-state index contributed by atoms with van der Waals surface area (Å²) in [6.45, 7) is 0. The highest BCUT2D eigenvalue weighted by Crippen LogP contribution is 2.45. The minimum Gasteiger partial charge on any atom is -0.325 e. The van der Waals surface area contributed by atoms with E-state index in [1.807, 2.05) is 0 Å². The van der Waals surface area contributed by atoms with Gasteiger partial charge in [0.15, 0.2) is 5.16 Å². The number of hydrogen-bond acceptors (Lipinski definition) is 6. The predicted octanol–water partition coefficient (Wildman–Crippen LogP) is 3.13. The molecule has 1 aromatic carbocycles. The molecule has 0 atom stereocenters. The summed E-state index contributed by atoms with van der Waals surface area (Å²) in [5, 5.41) is 22.9. The van der Waals surface area contributed by atoms with Crippen molar-refractivity contribution in [3.05, 3.63) is 40.2 Å². The number of rotatable bonds is 7. The van der Waals surface area contributed by atoms with Gasteiger partial charge in [-0.25, -0.2) is 0 Å². The van der Waals surface area contributed by atoms with Gasteiger partial charge in [-0.05, 0) is 31.7 Å². The lowest BCUT2D eigenvalue weighted by Crippen LogP contribution is -2.14. The summed E-state index contributed by atoms with van der Waals surface area (Å²) in [7, 11) is 0. The first-order chi connectivity index (χ1) is 12.1. The van der Waals surface area contributed by atoms with Gasteiger partial charge in [-0.15, -0.1) is 10.2 Å². The lowest BCUT2D eigenvalue weighted by Gasteiger charge is -2.08. The number of hydrogen-bond donors (Lipinski definition) is 1. The van der Waals surface area contributed by atoms with Crippen LogP contribution in [-0.4, -0.2) is 31.3 Å². The van der Waals surface area contributed by atoms with Crippen LogP contribution in [-0.2, 0) is 4.79 Å². The van der Waals surface area contributed by atoms with Crippen molar-refractivity contribution in [1.29, 1.82) is 0 Å². The molecule has 0 unspecified atom stereocenters. The second kappa shape index (κ2) is 6.47. The Labute approximate surface area is 148 Å². The highest BCUT2D eigenvalue weighted by atomic mass is 32.2. The third-order valence-corrected chi connectivity index (χ3v) is 5.16. The lowest BCUT2D eigenvalue weighted by molar-refractivity contribution is -0.384. The zero-order valence-corrected chi connectivity index (χ0v) is 14.2.